The average molecular weight is 414 g/mol. The van der Waals surface area contributed by atoms with Gasteiger partial charge in [0.25, 0.3) is 0 Å². The molecule has 9 nitrogen and oxygen atoms in total. The van der Waals surface area contributed by atoms with Crippen LogP contribution in [0.4, 0.5) is 5.69 Å². The van der Waals surface area contributed by atoms with Crippen molar-refractivity contribution in [1.29, 1.82) is 0 Å². The van der Waals surface area contributed by atoms with Gasteiger partial charge in [0.1, 0.15) is 0 Å². The molecule has 3 N–H and O–H groups in total. The molecule has 29 heavy (non-hydrogen) atoms. The number of amides is 1. The van der Waals surface area contributed by atoms with Gasteiger partial charge in [-0.3, -0.25) is 14.3 Å². The number of nitrogens with one attached hydrogen (secondary N) is 3. The molecule has 1 amide bonds. The van der Waals surface area contributed by atoms with Crippen LogP contribution < -0.4 is 15.8 Å². The summed E-state index contributed by atoms with van der Waals surface area (Å²) in [5.74, 6) is -0.808. The molecule has 0 saturated heterocycles. The molecular weight excluding hydrogens is 396 g/mol. The van der Waals surface area contributed by atoms with Gasteiger partial charge in [0.05, 0.1) is 0 Å². The normalized spacial score (nSPS) is 11.6. The van der Waals surface area contributed by atoms with E-state index in [4.69, 9.17) is 0 Å². The Morgan fingerprint density at radius 3 is 2.66 bits per heavy atom. The first-order chi connectivity index (χ1) is 13.9. The van der Waals surface area contributed by atoms with Gasteiger partial charge in [0, 0.05) is 29.6 Å². The van der Waals surface area contributed by atoms with Gasteiger partial charge in [-0.1, -0.05) is 47.6 Å². The molecular formula is C19H18N4O5S. The summed E-state index contributed by atoms with van der Waals surface area (Å²) in [6, 6.07) is 15.6. The Morgan fingerprint density at radius 2 is 1.93 bits per heavy atom. The van der Waals surface area contributed by atoms with E-state index in [-0.39, 0.29) is 24.7 Å². The fraction of sp³-hybridized carbons (Fsp3) is 0.105. The standard InChI is InChI=1S/C19H18N4O5S/c24-17(9-11-20-29(26,27)12-10-14-5-2-1-3-6-14)21-16-8-4-7-15(13-16)18-22-19(25)28-23-18/h1-8,10,12-13,20H,9,11H2,(H,21,24)(H,22,23,25)/b12-10+. The summed E-state index contributed by atoms with van der Waals surface area (Å²) in [6.07, 6.45) is 1.42. The molecule has 0 saturated carbocycles. The van der Waals surface area contributed by atoms with Gasteiger partial charge < -0.3 is 5.32 Å². The highest BCUT2D eigenvalue weighted by atomic mass is 32.2. The second kappa shape index (κ2) is 9.13. The third-order valence-corrected chi connectivity index (χ3v) is 4.86. The van der Waals surface area contributed by atoms with E-state index in [1.54, 1.807) is 48.5 Å². The van der Waals surface area contributed by atoms with Crippen molar-refractivity contribution in [1.82, 2.24) is 14.9 Å². The van der Waals surface area contributed by atoms with E-state index in [1.165, 1.54) is 6.08 Å². The van der Waals surface area contributed by atoms with Crippen LogP contribution in [0.3, 0.4) is 0 Å². The van der Waals surface area contributed by atoms with Gasteiger partial charge in [0.15, 0.2) is 5.82 Å². The quantitative estimate of drug-likeness (QED) is 0.516. The third-order valence-electron chi connectivity index (χ3n) is 3.75. The van der Waals surface area contributed by atoms with Crippen molar-refractivity contribution in [2.45, 2.75) is 6.42 Å². The van der Waals surface area contributed by atoms with Crippen LogP contribution in [0.2, 0.25) is 0 Å². The summed E-state index contributed by atoms with van der Waals surface area (Å²) in [7, 11) is -3.65. The Balaban J connectivity index is 1.51. The molecule has 1 heterocycles. The molecule has 3 rings (SSSR count). The first-order valence-corrected chi connectivity index (χ1v) is 10.1. The Labute approximate surface area is 166 Å². The summed E-state index contributed by atoms with van der Waals surface area (Å²) >= 11 is 0. The highest BCUT2D eigenvalue weighted by Crippen LogP contribution is 2.18. The predicted molar refractivity (Wildman–Crippen MR) is 108 cm³/mol. The lowest BCUT2D eigenvalue weighted by Gasteiger charge is -2.07. The number of carbonyl (C=O) groups is 1. The number of H-pyrrole nitrogens is 1. The van der Waals surface area contributed by atoms with E-state index in [0.29, 0.717) is 11.3 Å². The fourth-order valence-electron chi connectivity index (χ4n) is 2.41. The number of benzene rings is 2. The molecule has 0 atom stereocenters. The van der Waals surface area contributed by atoms with Gasteiger partial charge in [-0.15, -0.1) is 0 Å². The molecule has 0 radical (unpaired) electrons. The van der Waals surface area contributed by atoms with Crippen LogP contribution in [-0.2, 0) is 14.8 Å². The Kier molecular flexibility index (Phi) is 6.37. The van der Waals surface area contributed by atoms with Crippen LogP contribution in [0.25, 0.3) is 17.5 Å². The molecule has 0 aliphatic heterocycles. The monoisotopic (exact) mass is 414 g/mol. The lowest BCUT2D eigenvalue weighted by molar-refractivity contribution is -0.116. The van der Waals surface area contributed by atoms with Crippen molar-refractivity contribution < 1.29 is 17.7 Å². The summed E-state index contributed by atoms with van der Waals surface area (Å²) in [4.78, 5) is 25.5. The maximum Gasteiger partial charge on any atom is 0.439 e. The molecule has 150 valence electrons. The topological polar surface area (TPSA) is 134 Å². The van der Waals surface area contributed by atoms with E-state index in [1.807, 2.05) is 6.07 Å². The van der Waals surface area contributed by atoms with E-state index in [9.17, 15) is 18.0 Å². The van der Waals surface area contributed by atoms with E-state index >= 15 is 0 Å². The SMILES string of the molecule is O=C(CCNS(=O)(=O)/C=C/c1ccccc1)Nc1cccc(-c2noc(=O)[nH]2)c1. The lowest BCUT2D eigenvalue weighted by Crippen LogP contribution is -2.26. The van der Waals surface area contributed by atoms with E-state index < -0.39 is 15.8 Å². The first-order valence-electron chi connectivity index (χ1n) is 8.60. The number of aromatic amines is 1. The summed E-state index contributed by atoms with van der Waals surface area (Å²) in [5, 5.41) is 7.30. The largest absolute Gasteiger partial charge is 0.439 e. The fourth-order valence-corrected chi connectivity index (χ4v) is 3.23. The molecule has 0 fully saturated rings. The molecule has 10 heteroatoms. The summed E-state index contributed by atoms with van der Waals surface area (Å²) in [5.41, 5.74) is 1.78. The van der Waals surface area contributed by atoms with Gasteiger partial charge in [0.2, 0.25) is 15.9 Å². The maximum absolute atomic E-state index is 12.1. The Hall–Kier alpha value is -3.50. The molecule has 3 aromatic rings. The van der Waals surface area contributed by atoms with Crippen molar-refractivity contribution in [2.24, 2.45) is 0 Å². The summed E-state index contributed by atoms with van der Waals surface area (Å²) < 4.78 is 30.7. The highest BCUT2D eigenvalue weighted by Gasteiger charge is 2.09. The number of sulfonamides is 1. The van der Waals surface area contributed by atoms with Crippen LogP contribution in [-0.4, -0.2) is 31.0 Å². The number of hydrogen-bond donors (Lipinski definition) is 3. The number of anilines is 1. The second-order valence-corrected chi connectivity index (χ2v) is 7.63. The van der Waals surface area contributed by atoms with Gasteiger partial charge in [-0.2, -0.15) is 0 Å². The maximum atomic E-state index is 12.1. The molecule has 0 spiro atoms. The molecule has 2 aromatic carbocycles. The molecule has 1 aromatic heterocycles. The van der Waals surface area contributed by atoms with Crippen molar-refractivity contribution in [3.05, 3.63) is 76.1 Å². The average Bonchev–Trinajstić information content (AvgIpc) is 3.14. The minimum absolute atomic E-state index is 0.0520. The molecule has 0 aliphatic carbocycles. The highest BCUT2D eigenvalue weighted by molar-refractivity contribution is 7.92. The first kappa shape index (κ1) is 20.2. The zero-order valence-electron chi connectivity index (χ0n) is 15.2. The summed E-state index contributed by atoms with van der Waals surface area (Å²) in [6.45, 7) is -0.0520. The van der Waals surface area contributed by atoms with Crippen LogP contribution >= 0.6 is 0 Å². The number of aromatic nitrogens is 2. The zero-order valence-corrected chi connectivity index (χ0v) is 16.0. The molecule has 0 aliphatic rings. The van der Waals surface area contributed by atoms with E-state index in [2.05, 4.69) is 24.7 Å². The number of hydrogen-bond acceptors (Lipinski definition) is 6. The van der Waals surface area contributed by atoms with Gasteiger partial charge in [-0.05, 0) is 23.8 Å². The third kappa shape index (κ3) is 6.26. The zero-order chi connectivity index (χ0) is 20.7. The number of rotatable bonds is 8. The minimum atomic E-state index is -3.65. The minimum Gasteiger partial charge on any atom is -0.326 e. The van der Waals surface area contributed by atoms with Crippen LogP contribution in [0.5, 0.6) is 0 Å². The number of carbonyl (C=O) groups excluding carboxylic acids is 1. The van der Waals surface area contributed by atoms with Crippen molar-refractivity contribution in [3.63, 3.8) is 0 Å². The van der Waals surface area contributed by atoms with Crippen LogP contribution in [0, 0.1) is 0 Å². The van der Waals surface area contributed by atoms with Gasteiger partial charge in [-0.25, -0.2) is 17.9 Å². The van der Waals surface area contributed by atoms with Crippen LogP contribution in [0.15, 0.2) is 69.3 Å². The lowest BCUT2D eigenvalue weighted by atomic mass is 10.2. The van der Waals surface area contributed by atoms with Crippen molar-refractivity contribution in [2.75, 3.05) is 11.9 Å². The number of nitrogens with zero attached hydrogens (tertiary/aromatic N) is 1. The van der Waals surface area contributed by atoms with E-state index in [0.717, 1.165) is 11.0 Å². The van der Waals surface area contributed by atoms with Crippen LogP contribution in [0.1, 0.15) is 12.0 Å². The Morgan fingerprint density at radius 1 is 1.14 bits per heavy atom. The Bertz CT molecular complexity index is 1170. The second-order valence-electron chi connectivity index (χ2n) is 5.98. The molecule has 0 unspecified atom stereocenters. The van der Waals surface area contributed by atoms with Gasteiger partial charge >= 0.3 is 5.76 Å². The predicted octanol–water partition coefficient (Wildman–Crippen LogP) is 1.95. The molecule has 0 bridgehead atoms. The smallest absolute Gasteiger partial charge is 0.326 e. The van der Waals surface area contributed by atoms with Crippen molar-refractivity contribution >= 4 is 27.7 Å². The van der Waals surface area contributed by atoms with Crippen molar-refractivity contribution in [3.8, 4) is 11.4 Å².